The van der Waals surface area contributed by atoms with Gasteiger partial charge in [-0.1, -0.05) is 19.1 Å². The molecule has 1 aromatic carbocycles. The Hall–Kier alpha value is -4.13. The summed E-state index contributed by atoms with van der Waals surface area (Å²) >= 11 is 0. The molecule has 0 saturated carbocycles. The van der Waals surface area contributed by atoms with Gasteiger partial charge in [0, 0.05) is 22.0 Å². The molecule has 2 heterocycles. The lowest BCUT2D eigenvalue weighted by Crippen LogP contribution is -2.22. The molecule has 0 aliphatic carbocycles. The second-order valence-electron chi connectivity index (χ2n) is 8.04. The number of rotatable bonds is 6. The highest BCUT2D eigenvalue weighted by Gasteiger charge is 2.38. The van der Waals surface area contributed by atoms with E-state index in [1.54, 1.807) is 24.0 Å². The average Bonchev–Trinajstić information content (AvgIpc) is 3.08. The smallest absolute Gasteiger partial charge is 0.490 e. The third-order valence-corrected chi connectivity index (χ3v) is 5.19. The Bertz CT molecular complexity index is 1390. The van der Waals surface area contributed by atoms with Crippen molar-refractivity contribution in [1.29, 1.82) is 0 Å². The maximum atomic E-state index is 12.5. The number of hydrogen-bond donors (Lipinski definition) is 5. The Labute approximate surface area is 202 Å². The number of carbonyl (C=O) groups is 3. The van der Waals surface area contributed by atoms with Gasteiger partial charge >= 0.3 is 18.1 Å². The molecule has 0 radical (unpaired) electrons. The van der Waals surface area contributed by atoms with Gasteiger partial charge in [-0.25, -0.2) is 9.59 Å². The van der Waals surface area contributed by atoms with Crippen LogP contribution in [-0.2, 0) is 11.2 Å². The normalized spacial score (nSPS) is 11.3. The Morgan fingerprint density at radius 2 is 1.67 bits per heavy atom. The van der Waals surface area contributed by atoms with Gasteiger partial charge in [0.15, 0.2) is 11.3 Å². The number of carboxylic acid groups (broad SMARTS) is 2. The van der Waals surface area contributed by atoms with Gasteiger partial charge in [-0.15, -0.1) is 0 Å². The molecule has 0 atom stereocenters. The number of benzene rings is 1. The van der Waals surface area contributed by atoms with Crippen LogP contribution < -0.4 is 5.56 Å². The molecule has 3 rings (SSSR count). The highest BCUT2D eigenvalue weighted by molar-refractivity contribution is 6.03. The van der Waals surface area contributed by atoms with Crippen molar-refractivity contribution in [1.82, 2.24) is 14.9 Å². The van der Waals surface area contributed by atoms with Crippen molar-refractivity contribution in [3.63, 3.8) is 0 Å². The molecule has 0 fully saturated rings. The molecule has 13 heteroatoms. The average molecular weight is 511 g/mol. The molecular formula is C23H24F3N3O7. The van der Waals surface area contributed by atoms with Crippen LogP contribution >= 0.6 is 0 Å². The number of pyridine rings is 1. The van der Waals surface area contributed by atoms with Gasteiger partial charge in [-0.05, 0) is 39.1 Å². The minimum atomic E-state index is -5.08. The lowest BCUT2D eigenvalue weighted by atomic mass is 9.99. The number of likely N-dealkylation sites (N-methyl/N-ethyl adjacent to an activating group) is 1. The molecule has 36 heavy (non-hydrogen) atoms. The quantitative estimate of drug-likeness (QED) is 0.315. The first-order valence-corrected chi connectivity index (χ1v) is 10.4. The van der Waals surface area contributed by atoms with E-state index in [2.05, 4.69) is 9.97 Å². The zero-order valence-electron chi connectivity index (χ0n) is 19.7. The molecule has 0 aliphatic heterocycles. The summed E-state index contributed by atoms with van der Waals surface area (Å²) in [4.78, 5) is 52.4. The summed E-state index contributed by atoms with van der Waals surface area (Å²) < 4.78 is 31.7. The van der Waals surface area contributed by atoms with E-state index < -0.39 is 35.0 Å². The molecule has 0 bridgehead atoms. The van der Waals surface area contributed by atoms with Crippen molar-refractivity contribution in [2.24, 2.45) is 0 Å². The number of ketones is 1. The van der Waals surface area contributed by atoms with Crippen LogP contribution in [0.2, 0.25) is 0 Å². The van der Waals surface area contributed by atoms with E-state index in [0.717, 1.165) is 10.9 Å². The van der Waals surface area contributed by atoms with Crippen LogP contribution in [-0.4, -0.2) is 74.7 Å². The first-order valence-electron chi connectivity index (χ1n) is 10.4. The monoisotopic (exact) mass is 511 g/mol. The maximum absolute atomic E-state index is 12.5. The molecule has 0 amide bonds. The van der Waals surface area contributed by atoms with Crippen molar-refractivity contribution in [3.05, 3.63) is 50.9 Å². The standard InChI is InChI=1S/C21H23N3O5.C2HF3O2/c1-5-12-18(23-20(27)16(19(12)26)21(28)29)11-6-7-13-10(2)17(22-14(13)8-11)15(25)9-24(3)4;3-2(4,5)1(6)7/h6-8,22H,5,9H2,1-4H3,(H,28,29)(H2,23,26,27);(H,6,7). The second-order valence-corrected chi connectivity index (χ2v) is 8.04. The highest BCUT2D eigenvalue weighted by Crippen LogP contribution is 2.32. The van der Waals surface area contributed by atoms with E-state index in [4.69, 9.17) is 9.90 Å². The Kier molecular flexibility index (Phi) is 8.31. The van der Waals surface area contributed by atoms with Gasteiger partial charge in [-0.2, -0.15) is 13.2 Å². The van der Waals surface area contributed by atoms with Gasteiger partial charge in [0.05, 0.1) is 17.9 Å². The van der Waals surface area contributed by atoms with Crippen molar-refractivity contribution in [2.45, 2.75) is 26.4 Å². The number of aromatic nitrogens is 2. The molecule has 0 saturated heterocycles. The third kappa shape index (κ3) is 5.92. The van der Waals surface area contributed by atoms with Crippen LogP contribution in [0.15, 0.2) is 23.0 Å². The van der Waals surface area contributed by atoms with E-state index in [9.17, 15) is 37.8 Å². The van der Waals surface area contributed by atoms with Crippen LogP contribution in [0.5, 0.6) is 5.75 Å². The predicted molar refractivity (Wildman–Crippen MR) is 124 cm³/mol. The fraction of sp³-hybridized carbons (Fsp3) is 0.304. The molecule has 0 spiro atoms. The number of hydrogen-bond acceptors (Lipinski definition) is 6. The number of aliphatic carboxylic acids is 1. The van der Waals surface area contributed by atoms with Gasteiger partial charge in [0.2, 0.25) is 0 Å². The number of Topliss-reactive ketones (excluding diaryl/α,β-unsaturated/α-hetero) is 1. The second kappa shape index (κ2) is 10.6. The van der Waals surface area contributed by atoms with Crippen molar-refractivity contribution in [3.8, 4) is 17.0 Å². The molecule has 2 aromatic heterocycles. The maximum Gasteiger partial charge on any atom is 0.490 e. The minimum Gasteiger partial charge on any atom is -0.506 e. The highest BCUT2D eigenvalue weighted by atomic mass is 19.4. The van der Waals surface area contributed by atoms with Gasteiger partial charge < -0.3 is 30.2 Å². The lowest BCUT2D eigenvalue weighted by Gasteiger charge is -2.12. The van der Waals surface area contributed by atoms with Crippen LogP contribution in [0.25, 0.3) is 22.2 Å². The Morgan fingerprint density at radius 1 is 1.08 bits per heavy atom. The fourth-order valence-corrected chi connectivity index (χ4v) is 3.56. The summed E-state index contributed by atoms with van der Waals surface area (Å²) in [6, 6.07) is 5.38. The molecule has 10 nitrogen and oxygen atoms in total. The topological polar surface area (TPSA) is 164 Å². The summed E-state index contributed by atoms with van der Waals surface area (Å²) in [6.45, 7) is 3.91. The number of alkyl halides is 3. The Morgan fingerprint density at radius 3 is 2.14 bits per heavy atom. The molecule has 0 aliphatic rings. The van der Waals surface area contributed by atoms with E-state index in [1.807, 2.05) is 27.1 Å². The summed E-state index contributed by atoms with van der Waals surface area (Å²) in [5.41, 5.74) is 1.85. The number of aromatic hydroxyl groups is 1. The van der Waals surface area contributed by atoms with E-state index >= 15 is 0 Å². The molecule has 3 aromatic rings. The third-order valence-electron chi connectivity index (χ3n) is 5.19. The first-order chi connectivity index (χ1) is 16.6. The van der Waals surface area contributed by atoms with Crippen molar-refractivity contribution >= 4 is 28.6 Å². The summed E-state index contributed by atoms with van der Waals surface area (Å²) in [6.07, 6.45) is -4.76. The molecular weight excluding hydrogens is 487 g/mol. The molecule has 194 valence electrons. The minimum absolute atomic E-state index is 0.0311. The van der Waals surface area contributed by atoms with Crippen LogP contribution in [0.1, 0.15) is 38.9 Å². The number of carbonyl (C=O) groups excluding carboxylic acids is 1. The molecule has 5 N–H and O–H groups in total. The van der Waals surface area contributed by atoms with Gasteiger partial charge in [0.25, 0.3) is 5.56 Å². The number of carboxylic acids is 2. The van der Waals surface area contributed by atoms with Crippen LogP contribution in [0.4, 0.5) is 13.2 Å². The number of aryl methyl sites for hydroxylation is 1. The zero-order chi connectivity index (χ0) is 27.5. The van der Waals surface area contributed by atoms with Crippen molar-refractivity contribution in [2.75, 3.05) is 20.6 Å². The molecule has 0 unspecified atom stereocenters. The number of nitrogens with zero attached hydrogens (tertiary/aromatic N) is 1. The van der Waals surface area contributed by atoms with E-state index in [1.165, 1.54) is 0 Å². The van der Waals surface area contributed by atoms with Crippen molar-refractivity contribution < 1.29 is 42.9 Å². The summed E-state index contributed by atoms with van der Waals surface area (Å²) in [5, 5.41) is 27.5. The van der Waals surface area contributed by atoms with E-state index in [0.29, 0.717) is 34.5 Å². The number of aromatic amines is 2. The van der Waals surface area contributed by atoms with Gasteiger partial charge in [0.1, 0.15) is 5.75 Å². The zero-order valence-corrected chi connectivity index (χ0v) is 19.7. The first kappa shape index (κ1) is 28.1. The van der Waals surface area contributed by atoms with Crippen LogP contribution in [0, 0.1) is 6.92 Å². The van der Waals surface area contributed by atoms with Crippen LogP contribution in [0.3, 0.4) is 0 Å². The SMILES string of the molecule is CCc1c(-c2ccc3c(C)c(C(=O)CN(C)C)[nH]c3c2)[nH]c(=O)c(C(=O)O)c1O.O=C(O)C(F)(F)F. The van der Waals surface area contributed by atoms with Gasteiger partial charge in [-0.3, -0.25) is 9.59 Å². The Balaban J connectivity index is 0.000000572. The summed E-state index contributed by atoms with van der Waals surface area (Å²) in [5.74, 6) is -4.79. The predicted octanol–water partition coefficient (Wildman–Crippen LogP) is 3.18. The fourth-order valence-electron chi connectivity index (χ4n) is 3.56. The lowest BCUT2D eigenvalue weighted by molar-refractivity contribution is -0.192. The number of nitrogens with one attached hydrogen (secondary N) is 2. The summed E-state index contributed by atoms with van der Waals surface area (Å²) in [7, 11) is 3.65. The number of fused-ring (bicyclic) bond motifs is 1. The largest absolute Gasteiger partial charge is 0.506 e. The number of halogens is 3. The number of H-pyrrole nitrogens is 2. The van der Waals surface area contributed by atoms with E-state index in [-0.39, 0.29) is 12.3 Å². The number of aromatic carboxylic acids is 1.